The van der Waals surface area contributed by atoms with E-state index >= 15 is 0 Å². The molecule has 0 atom stereocenters. The molecule has 0 radical (unpaired) electrons. The lowest BCUT2D eigenvalue weighted by atomic mass is 10.3. The Kier molecular flexibility index (Phi) is 2.41. The minimum Gasteiger partial charge on any atom is -0.362 e. The van der Waals surface area contributed by atoms with Gasteiger partial charge in [-0.3, -0.25) is 0 Å². The van der Waals surface area contributed by atoms with Crippen molar-refractivity contribution in [1.82, 2.24) is 14.6 Å². The van der Waals surface area contributed by atoms with Gasteiger partial charge in [0.15, 0.2) is 10.8 Å². The summed E-state index contributed by atoms with van der Waals surface area (Å²) < 4.78 is 40.7. The zero-order valence-electron chi connectivity index (χ0n) is 9.08. The Labute approximate surface area is 105 Å². The normalized spacial score (nSPS) is 18.8. The molecular weight excluding hydrogens is 269 g/mol. The second kappa shape index (κ2) is 3.74. The highest BCUT2D eigenvalue weighted by Crippen LogP contribution is 2.33. The third kappa shape index (κ3) is 1.78. The van der Waals surface area contributed by atoms with Crippen molar-refractivity contribution in [2.45, 2.75) is 12.3 Å². The molecule has 0 unspecified atom stereocenters. The third-order valence-corrected chi connectivity index (χ3v) is 3.07. The van der Waals surface area contributed by atoms with Gasteiger partial charge < -0.3 is 4.90 Å². The van der Waals surface area contributed by atoms with Crippen molar-refractivity contribution in [1.29, 1.82) is 0 Å². The second-order valence-corrected chi connectivity index (χ2v) is 4.58. The number of hydrogen-bond acceptors (Lipinski definition) is 3. The van der Waals surface area contributed by atoms with Gasteiger partial charge in [-0.25, -0.2) is 13.8 Å². The maximum Gasteiger partial charge on any atom is 0.266 e. The minimum absolute atomic E-state index is 0.0321. The predicted octanol–water partition coefficient (Wildman–Crippen LogP) is 2.37. The number of anilines is 1. The van der Waals surface area contributed by atoms with Crippen LogP contribution in [0.4, 0.5) is 18.9 Å². The maximum absolute atomic E-state index is 13.4. The Morgan fingerprint density at radius 2 is 2.17 bits per heavy atom. The highest BCUT2D eigenvalue weighted by molar-refractivity contribution is 6.29. The highest BCUT2D eigenvalue weighted by Gasteiger charge is 2.39. The van der Waals surface area contributed by atoms with Crippen molar-refractivity contribution in [2.24, 2.45) is 0 Å². The van der Waals surface area contributed by atoms with Crippen molar-refractivity contribution >= 4 is 22.9 Å². The Morgan fingerprint density at radius 3 is 2.83 bits per heavy atom. The van der Waals surface area contributed by atoms with E-state index in [1.54, 1.807) is 0 Å². The van der Waals surface area contributed by atoms with Crippen molar-refractivity contribution in [3.8, 4) is 0 Å². The Bertz CT molecular complexity index is 612. The van der Waals surface area contributed by atoms with E-state index in [9.17, 15) is 13.2 Å². The number of imidazole rings is 1. The summed E-state index contributed by atoms with van der Waals surface area (Å²) in [5.74, 6) is -3.42. The molecule has 3 heterocycles. The molecule has 0 aromatic carbocycles. The van der Waals surface area contributed by atoms with Gasteiger partial charge >= 0.3 is 0 Å². The van der Waals surface area contributed by atoms with Gasteiger partial charge in [-0.05, 0) is 0 Å². The first kappa shape index (κ1) is 11.6. The number of halogens is 4. The molecule has 0 aliphatic carbocycles. The van der Waals surface area contributed by atoms with E-state index in [1.165, 1.54) is 11.0 Å². The number of aromatic nitrogens is 3. The van der Waals surface area contributed by atoms with E-state index in [0.717, 1.165) is 10.7 Å². The zero-order valence-corrected chi connectivity index (χ0v) is 9.83. The topological polar surface area (TPSA) is 33.4 Å². The quantitative estimate of drug-likeness (QED) is 0.802. The van der Waals surface area contributed by atoms with Crippen LogP contribution >= 0.6 is 11.6 Å². The summed E-state index contributed by atoms with van der Waals surface area (Å²) >= 11 is 5.76. The molecule has 0 amide bonds. The fourth-order valence-electron chi connectivity index (χ4n) is 2.07. The molecule has 1 fully saturated rings. The highest BCUT2D eigenvalue weighted by atomic mass is 35.5. The molecule has 1 aliphatic heterocycles. The summed E-state index contributed by atoms with van der Waals surface area (Å²) in [6.07, 6.45) is 0.749. The van der Waals surface area contributed by atoms with Gasteiger partial charge in [0.1, 0.15) is 0 Å². The number of hydrogen-bond donors (Lipinski definition) is 0. The van der Waals surface area contributed by atoms with E-state index in [1.807, 2.05) is 0 Å². The zero-order chi connectivity index (χ0) is 12.9. The van der Waals surface area contributed by atoms with Crippen molar-refractivity contribution in [3.05, 3.63) is 23.4 Å². The van der Waals surface area contributed by atoms with E-state index in [4.69, 9.17) is 11.6 Å². The molecule has 1 saturated heterocycles. The van der Waals surface area contributed by atoms with Gasteiger partial charge in [-0.2, -0.15) is 14.0 Å². The summed E-state index contributed by atoms with van der Waals surface area (Å²) in [4.78, 5) is 5.27. The standard InChI is InChI=1S/C10H8ClF3N4/c11-7-3-6(17-2-1-10(13,14)5-17)9-15-4-8(12)18(9)16-7/h3-4H,1-2,5H2. The predicted molar refractivity (Wildman–Crippen MR) is 59.7 cm³/mol. The summed E-state index contributed by atoms with van der Waals surface area (Å²) in [5.41, 5.74) is 0.561. The average Bonchev–Trinajstić information content (AvgIpc) is 2.82. The van der Waals surface area contributed by atoms with Gasteiger partial charge in [0.2, 0.25) is 5.95 Å². The van der Waals surface area contributed by atoms with Gasteiger partial charge in [0.05, 0.1) is 18.4 Å². The van der Waals surface area contributed by atoms with Crippen LogP contribution in [0.15, 0.2) is 12.3 Å². The van der Waals surface area contributed by atoms with Crippen molar-refractivity contribution in [2.75, 3.05) is 18.0 Å². The van der Waals surface area contributed by atoms with Crippen LogP contribution in [-0.4, -0.2) is 33.6 Å². The SMILES string of the molecule is Fc1cnc2c(N3CCC(F)(F)C3)cc(Cl)nn12. The van der Waals surface area contributed by atoms with Gasteiger partial charge in [0, 0.05) is 19.0 Å². The lowest BCUT2D eigenvalue weighted by molar-refractivity contribution is 0.0257. The molecule has 0 spiro atoms. The van der Waals surface area contributed by atoms with Crippen LogP contribution in [0.3, 0.4) is 0 Å². The smallest absolute Gasteiger partial charge is 0.266 e. The van der Waals surface area contributed by atoms with E-state index in [-0.39, 0.29) is 23.8 Å². The lowest BCUT2D eigenvalue weighted by Crippen LogP contribution is -2.25. The molecule has 8 heteroatoms. The largest absolute Gasteiger partial charge is 0.362 e. The first-order chi connectivity index (χ1) is 8.46. The second-order valence-electron chi connectivity index (χ2n) is 4.20. The average molecular weight is 277 g/mol. The molecule has 1 aliphatic rings. The van der Waals surface area contributed by atoms with Crippen LogP contribution in [0.1, 0.15) is 6.42 Å². The molecule has 0 bridgehead atoms. The molecule has 2 aromatic rings. The Morgan fingerprint density at radius 1 is 1.39 bits per heavy atom. The van der Waals surface area contributed by atoms with Crippen molar-refractivity contribution in [3.63, 3.8) is 0 Å². The molecule has 4 nitrogen and oxygen atoms in total. The lowest BCUT2D eigenvalue weighted by Gasteiger charge is -2.18. The van der Waals surface area contributed by atoms with Gasteiger partial charge in [0.25, 0.3) is 5.92 Å². The van der Waals surface area contributed by atoms with Gasteiger partial charge in [-0.15, -0.1) is 0 Å². The number of fused-ring (bicyclic) bond motifs is 1. The van der Waals surface area contributed by atoms with Crippen LogP contribution in [0.25, 0.3) is 5.65 Å². The summed E-state index contributed by atoms with van der Waals surface area (Å²) in [7, 11) is 0. The minimum atomic E-state index is -2.74. The molecule has 96 valence electrons. The van der Waals surface area contributed by atoms with E-state index in [2.05, 4.69) is 10.1 Å². The molecule has 2 aromatic heterocycles. The molecular formula is C10H8ClF3N4. The fraction of sp³-hybridized carbons (Fsp3) is 0.400. The fourth-order valence-corrected chi connectivity index (χ4v) is 2.25. The van der Waals surface area contributed by atoms with E-state index < -0.39 is 18.4 Å². The van der Waals surface area contributed by atoms with Crippen LogP contribution in [0.5, 0.6) is 0 Å². The van der Waals surface area contributed by atoms with Gasteiger partial charge in [-0.1, -0.05) is 11.6 Å². The maximum atomic E-state index is 13.4. The van der Waals surface area contributed by atoms with E-state index in [0.29, 0.717) is 5.69 Å². The molecule has 3 rings (SSSR count). The molecule has 18 heavy (non-hydrogen) atoms. The number of nitrogens with zero attached hydrogens (tertiary/aromatic N) is 4. The first-order valence-corrected chi connectivity index (χ1v) is 5.67. The Hall–Kier alpha value is -1.50. The molecule has 0 saturated carbocycles. The number of rotatable bonds is 1. The summed E-state index contributed by atoms with van der Waals surface area (Å²) in [5, 5.41) is 3.77. The van der Waals surface area contributed by atoms with Crippen molar-refractivity contribution < 1.29 is 13.2 Å². The first-order valence-electron chi connectivity index (χ1n) is 5.29. The summed E-state index contributed by atoms with van der Waals surface area (Å²) in [6.45, 7) is -0.241. The third-order valence-electron chi connectivity index (χ3n) is 2.89. The Balaban J connectivity index is 2.12. The van der Waals surface area contributed by atoms with Crippen LogP contribution in [0.2, 0.25) is 5.15 Å². The van der Waals surface area contributed by atoms with Crippen LogP contribution in [-0.2, 0) is 0 Å². The monoisotopic (exact) mass is 276 g/mol. The number of alkyl halides is 2. The molecule has 0 N–H and O–H groups in total. The summed E-state index contributed by atoms with van der Waals surface area (Å²) in [6, 6.07) is 1.42. The van der Waals surface area contributed by atoms with Crippen LogP contribution < -0.4 is 4.90 Å². The van der Waals surface area contributed by atoms with Crippen LogP contribution in [0, 0.1) is 5.95 Å².